The Hall–Kier alpha value is -2.10. The zero-order valence-electron chi connectivity index (χ0n) is 13.3. The highest BCUT2D eigenvalue weighted by Gasteiger charge is 2.04. The van der Waals surface area contributed by atoms with Gasteiger partial charge in [0.15, 0.2) is 0 Å². The van der Waals surface area contributed by atoms with Gasteiger partial charge in [0.25, 0.3) is 0 Å². The maximum Gasteiger partial charge on any atom is 0.136 e. The second kappa shape index (κ2) is 7.07. The molecule has 0 saturated heterocycles. The quantitative estimate of drug-likeness (QED) is 0.830. The second-order valence-corrected chi connectivity index (χ2v) is 5.73. The number of nitrogens with zero attached hydrogens (tertiary/aromatic N) is 2. The summed E-state index contributed by atoms with van der Waals surface area (Å²) in [6, 6.07) is 10.1. The molecule has 0 aliphatic heterocycles. The molecule has 0 atom stereocenters. The van der Waals surface area contributed by atoms with Crippen LogP contribution in [0.15, 0.2) is 30.3 Å². The van der Waals surface area contributed by atoms with Crippen molar-refractivity contribution in [1.29, 1.82) is 0 Å². The van der Waals surface area contributed by atoms with Gasteiger partial charge in [-0.3, -0.25) is 0 Å². The lowest BCUT2D eigenvalue weighted by molar-refractivity contribution is 0.606. The SMILES string of the molecule is Cc1nc(NCCC(C)C)cc(Nc2ccccc2C)n1. The number of anilines is 3. The zero-order chi connectivity index (χ0) is 15.2. The normalized spacial score (nSPS) is 10.7. The minimum Gasteiger partial charge on any atom is -0.370 e. The fourth-order valence-corrected chi connectivity index (χ4v) is 2.06. The van der Waals surface area contributed by atoms with E-state index in [4.69, 9.17) is 0 Å². The maximum absolute atomic E-state index is 4.45. The van der Waals surface area contributed by atoms with E-state index < -0.39 is 0 Å². The number of hydrogen-bond donors (Lipinski definition) is 2. The number of para-hydroxylation sites is 1. The minimum absolute atomic E-state index is 0.685. The van der Waals surface area contributed by atoms with Gasteiger partial charge in [0.2, 0.25) is 0 Å². The first-order chi connectivity index (χ1) is 10.0. The van der Waals surface area contributed by atoms with Gasteiger partial charge in [-0.25, -0.2) is 9.97 Å². The molecule has 0 amide bonds. The van der Waals surface area contributed by atoms with Crippen molar-refractivity contribution in [2.75, 3.05) is 17.2 Å². The summed E-state index contributed by atoms with van der Waals surface area (Å²) >= 11 is 0. The molecule has 21 heavy (non-hydrogen) atoms. The van der Waals surface area contributed by atoms with Gasteiger partial charge in [-0.2, -0.15) is 0 Å². The van der Waals surface area contributed by atoms with Crippen LogP contribution in [0.3, 0.4) is 0 Å². The Morgan fingerprint density at radius 3 is 2.48 bits per heavy atom. The molecular formula is C17H24N4. The van der Waals surface area contributed by atoms with Gasteiger partial charge in [0, 0.05) is 18.3 Å². The predicted octanol–water partition coefficient (Wildman–Crippen LogP) is 4.30. The third-order valence-electron chi connectivity index (χ3n) is 3.27. The molecule has 0 aliphatic rings. The van der Waals surface area contributed by atoms with E-state index in [-0.39, 0.29) is 0 Å². The lowest BCUT2D eigenvalue weighted by atomic mass is 10.1. The Bertz CT molecular complexity index is 593. The molecule has 0 unspecified atom stereocenters. The van der Waals surface area contributed by atoms with E-state index in [1.54, 1.807) is 0 Å². The van der Waals surface area contributed by atoms with Crippen molar-refractivity contribution in [3.63, 3.8) is 0 Å². The fraction of sp³-hybridized carbons (Fsp3) is 0.412. The lowest BCUT2D eigenvalue weighted by Crippen LogP contribution is -2.08. The first-order valence-corrected chi connectivity index (χ1v) is 7.47. The van der Waals surface area contributed by atoms with Crippen LogP contribution in [0.2, 0.25) is 0 Å². The Kier molecular flexibility index (Phi) is 5.14. The Labute approximate surface area is 127 Å². The van der Waals surface area contributed by atoms with Gasteiger partial charge >= 0.3 is 0 Å². The molecular weight excluding hydrogens is 260 g/mol. The molecule has 0 fully saturated rings. The molecule has 1 heterocycles. The summed E-state index contributed by atoms with van der Waals surface area (Å²) in [4.78, 5) is 8.88. The average molecular weight is 284 g/mol. The van der Waals surface area contributed by atoms with Gasteiger partial charge < -0.3 is 10.6 Å². The Morgan fingerprint density at radius 1 is 1.05 bits per heavy atom. The molecule has 0 radical (unpaired) electrons. The minimum atomic E-state index is 0.685. The van der Waals surface area contributed by atoms with Gasteiger partial charge in [-0.1, -0.05) is 32.0 Å². The standard InChI is InChI=1S/C17H24N4/c1-12(2)9-10-18-16-11-17(20-14(4)19-16)21-15-8-6-5-7-13(15)3/h5-8,11-12H,9-10H2,1-4H3,(H2,18,19,20,21). The first kappa shape index (κ1) is 15.3. The topological polar surface area (TPSA) is 49.8 Å². The highest BCUT2D eigenvalue weighted by molar-refractivity contribution is 5.62. The molecule has 2 aromatic rings. The number of aromatic nitrogens is 2. The van der Waals surface area contributed by atoms with Crippen LogP contribution in [0.1, 0.15) is 31.7 Å². The predicted molar refractivity (Wildman–Crippen MR) is 89.2 cm³/mol. The number of rotatable bonds is 6. The van der Waals surface area contributed by atoms with E-state index in [1.165, 1.54) is 5.56 Å². The van der Waals surface area contributed by atoms with Crippen LogP contribution in [0.5, 0.6) is 0 Å². The van der Waals surface area contributed by atoms with E-state index in [0.29, 0.717) is 5.92 Å². The van der Waals surface area contributed by atoms with Crippen molar-refractivity contribution in [1.82, 2.24) is 9.97 Å². The molecule has 1 aromatic heterocycles. The molecule has 0 bridgehead atoms. The monoisotopic (exact) mass is 284 g/mol. The molecule has 4 nitrogen and oxygen atoms in total. The van der Waals surface area contributed by atoms with Crippen LogP contribution in [0.25, 0.3) is 0 Å². The number of nitrogens with one attached hydrogen (secondary N) is 2. The number of benzene rings is 1. The highest BCUT2D eigenvalue weighted by Crippen LogP contribution is 2.20. The van der Waals surface area contributed by atoms with Crippen molar-refractivity contribution in [2.24, 2.45) is 5.92 Å². The van der Waals surface area contributed by atoms with Gasteiger partial charge in [0.1, 0.15) is 17.5 Å². The van der Waals surface area contributed by atoms with E-state index in [1.807, 2.05) is 25.1 Å². The molecule has 112 valence electrons. The second-order valence-electron chi connectivity index (χ2n) is 5.73. The summed E-state index contributed by atoms with van der Waals surface area (Å²) in [5.74, 6) is 3.15. The molecule has 0 aliphatic carbocycles. The maximum atomic E-state index is 4.45. The molecule has 4 heteroatoms. The Balaban J connectivity index is 2.10. The zero-order valence-corrected chi connectivity index (χ0v) is 13.3. The van der Waals surface area contributed by atoms with Crippen molar-refractivity contribution in [2.45, 2.75) is 34.1 Å². The number of hydrogen-bond acceptors (Lipinski definition) is 4. The van der Waals surface area contributed by atoms with Crippen molar-refractivity contribution in [3.8, 4) is 0 Å². The van der Waals surface area contributed by atoms with E-state index in [2.05, 4.69) is 53.5 Å². The molecule has 2 N–H and O–H groups in total. The summed E-state index contributed by atoms with van der Waals surface area (Å²) in [5, 5.41) is 6.73. The molecule has 1 aromatic carbocycles. The summed E-state index contributed by atoms with van der Waals surface area (Å²) in [7, 11) is 0. The van der Waals surface area contributed by atoms with Crippen LogP contribution in [-0.2, 0) is 0 Å². The van der Waals surface area contributed by atoms with E-state index in [0.717, 1.165) is 36.1 Å². The largest absolute Gasteiger partial charge is 0.370 e. The average Bonchev–Trinajstić information content (AvgIpc) is 2.40. The molecule has 0 spiro atoms. The van der Waals surface area contributed by atoms with E-state index >= 15 is 0 Å². The molecule has 0 saturated carbocycles. The van der Waals surface area contributed by atoms with Crippen molar-refractivity contribution >= 4 is 17.3 Å². The third kappa shape index (κ3) is 4.74. The van der Waals surface area contributed by atoms with Crippen LogP contribution in [0, 0.1) is 19.8 Å². The van der Waals surface area contributed by atoms with Crippen molar-refractivity contribution in [3.05, 3.63) is 41.7 Å². The van der Waals surface area contributed by atoms with Gasteiger partial charge in [0.05, 0.1) is 0 Å². The summed E-state index contributed by atoms with van der Waals surface area (Å²) in [5.41, 5.74) is 2.27. The van der Waals surface area contributed by atoms with Crippen molar-refractivity contribution < 1.29 is 0 Å². The smallest absolute Gasteiger partial charge is 0.136 e. The van der Waals surface area contributed by atoms with Crippen LogP contribution in [-0.4, -0.2) is 16.5 Å². The van der Waals surface area contributed by atoms with Gasteiger partial charge in [-0.15, -0.1) is 0 Å². The van der Waals surface area contributed by atoms with Crippen LogP contribution < -0.4 is 10.6 Å². The fourth-order valence-electron chi connectivity index (χ4n) is 2.06. The first-order valence-electron chi connectivity index (χ1n) is 7.47. The summed E-state index contributed by atoms with van der Waals surface area (Å²) in [6.07, 6.45) is 1.13. The van der Waals surface area contributed by atoms with E-state index in [9.17, 15) is 0 Å². The number of aryl methyl sites for hydroxylation is 2. The summed E-state index contributed by atoms with van der Waals surface area (Å²) in [6.45, 7) is 9.36. The highest BCUT2D eigenvalue weighted by atomic mass is 15.1. The van der Waals surface area contributed by atoms with Crippen LogP contribution in [0.4, 0.5) is 17.3 Å². The molecule has 2 rings (SSSR count). The van der Waals surface area contributed by atoms with Crippen LogP contribution >= 0.6 is 0 Å². The Morgan fingerprint density at radius 2 is 1.76 bits per heavy atom. The van der Waals surface area contributed by atoms with Gasteiger partial charge in [-0.05, 0) is 37.8 Å². The lowest BCUT2D eigenvalue weighted by Gasteiger charge is -2.12. The summed E-state index contributed by atoms with van der Waals surface area (Å²) < 4.78 is 0. The third-order valence-corrected chi connectivity index (χ3v) is 3.27.